The molecule has 0 radical (unpaired) electrons. The number of amides is 2. The van der Waals surface area contributed by atoms with Gasteiger partial charge in [0.2, 0.25) is 5.91 Å². The Balaban J connectivity index is 2.10. The molecule has 1 atom stereocenters. The molecule has 0 saturated carbocycles. The van der Waals surface area contributed by atoms with Gasteiger partial charge in [-0.05, 0) is 39.0 Å². The summed E-state index contributed by atoms with van der Waals surface area (Å²) in [5.41, 5.74) is -0.724. The zero-order chi connectivity index (χ0) is 22.3. The number of hydrogen-bond acceptors (Lipinski definition) is 6. The first-order valence-corrected chi connectivity index (χ1v) is 10.3. The fraction of sp³-hybridized carbons (Fsp3) is 0.550. The van der Waals surface area contributed by atoms with E-state index in [4.69, 9.17) is 14.2 Å². The van der Waals surface area contributed by atoms with Crippen LogP contribution in [-0.2, 0) is 14.3 Å². The number of aromatic carboxylic acids is 1. The van der Waals surface area contributed by atoms with Gasteiger partial charge in [0.15, 0.2) is 0 Å². The number of alkyl carbamates (subject to hydrolysis) is 1. The van der Waals surface area contributed by atoms with Crippen LogP contribution in [0.3, 0.4) is 0 Å². The van der Waals surface area contributed by atoms with Crippen LogP contribution in [0.1, 0.15) is 37.6 Å². The molecule has 1 fully saturated rings. The lowest BCUT2D eigenvalue weighted by Crippen LogP contribution is -2.47. The van der Waals surface area contributed by atoms with Crippen molar-refractivity contribution in [3.05, 3.63) is 28.2 Å². The van der Waals surface area contributed by atoms with Crippen LogP contribution in [-0.4, -0.2) is 72.5 Å². The summed E-state index contributed by atoms with van der Waals surface area (Å²) < 4.78 is 16.9. The lowest BCUT2D eigenvalue weighted by Gasteiger charge is -2.29. The van der Waals surface area contributed by atoms with Gasteiger partial charge in [0.25, 0.3) is 0 Å². The lowest BCUT2D eigenvalue weighted by atomic mass is 10.1. The lowest BCUT2D eigenvalue weighted by molar-refractivity contribution is -0.135. The van der Waals surface area contributed by atoms with Gasteiger partial charge in [0.1, 0.15) is 23.5 Å². The Morgan fingerprint density at radius 1 is 1.27 bits per heavy atom. The van der Waals surface area contributed by atoms with Crippen LogP contribution < -0.4 is 10.1 Å². The molecule has 30 heavy (non-hydrogen) atoms. The molecule has 1 aliphatic heterocycles. The minimum absolute atomic E-state index is 0.0182. The molecule has 9 nitrogen and oxygen atoms in total. The van der Waals surface area contributed by atoms with Crippen LogP contribution in [0.5, 0.6) is 5.75 Å². The van der Waals surface area contributed by atoms with E-state index < -0.39 is 23.7 Å². The Bertz CT molecular complexity index is 773. The van der Waals surface area contributed by atoms with E-state index in [1.54, 1.807) is 31.7 Å². The summed E-state index contributed by atoms with van der Waals surface area (Å²) in [4.78, 5) is 38.0. The molecule has 0 aliphatic carbocycles. The Kier molecular flexibility index (Phi) is 8.48. The van der Waals surface area contributed by atoms with Crippen molar-refractivity contribution in [2.45, 2.75) is 38.8 Å². The van der Waals surface area contributed by atoms with E-state index >= 15 is 0 Å². The second-order valence-corrected chi connectivity index (χ2v) is 8.71. The van der Waals surface area contributed by atoms with Crippen LogP contribution >= 0.6 is 15.9 Å². The minimum atomic E-state index is -1.14. The Labute approximate surface area is 183 Å². The summed E-state index contributed by atoms with van der Waals surface area (Å²) >= 11 is 3.28. The smallest absolute Gasteiger partial charge is 0.408 e. The number of nitrogens with one attached hydrogen (secondary N) is 1. The molecule has 0 unspecified atom stereocenters. The maximum atomic E-state index is 12.6. The molecular formula is C20H27BrN2O7. The summed E-state index contributed by atoms with van der Waals surface area (Å²) in [7, 11) is 0. The van der Waals surface area contributed by atoms with Crippen molar-refractivity contribution in [2.75, 3.05) is 32.9 Å². The second kappa shape index (κ2) is 10.6. The number of carbonyl (C=O) groups is 3. The number of carbonyl (C=O) groups excluding carboxylic acids is 2. The molecule has 1 aromatic carbocycles. The zero-order valence-electron chi connectivity index (χ0n) is 17.3. The Morgan fingerprint density at radius 2 is 1.93 bits per heavy atom. The summed E-state index contributed by atoms with van der Waals surface area (Å²) in [6, 6.07) is 3.82. The van der Waals surface area contributed by atoms with Gasteiger partial charge in [-0.2, -0.15) is 0 Å². The van der Waals surface area contributed by atoms with Gasteiger partial charge in [0, 0.05) is 17.6 Å². The van der Waals surface area contributed by atoms with Gasteiger partial charge >= 0.3 is 12.1 Å². The third-order valence-electron chi connectivity index (χ3n) is 4.12. The summed E-state index contributed by atoms with van der Waals surface area (Å²) in [5, 5.41) is 12.0. The first kappa shape index (κ1) is 23.9. The number of ether oxygens (including phenoxy) is 3. The third kappa shape index (κ3) is 7.83. The third-order valence-corrected chi connectivity index (χ3v) is 4.61. The molecule has 1 heterocycles. The van der Waals surface area contributed by atoms with Crippen molar-refractivity contribution in [3.63, 3.8) is 0 Å². The van der Waals surface area contributed by atoms with Gasteiger partial charge in [0.05, 0.1) is 25.7 Å². The van der Waals surface area contributed by atoms with Crippen molar-refractivity contribution in [3.8, 4) is 5.75 Å². The first-order valence-electron chi connectivity index (χ1n) is 9.56. The average Bonchev–Trinajstić information content (AvgIpc) is 2.65. The molecule has 1 aromatic rings. The highest BCUT2D eigenvalue weighted by Gasteiger charge is 2.26. The topological polar surface area (TPSA) is 114 Å². The number of halogens is 1. The minimum Gasteiger partial charge on any atom is -0.490 e. The second-order valence-electron chi connectivity index (χ2n) is 7.80. The predicted octanol–water partition coefficient (Wildman–Crippen LogP) is 2.67. The number of benzene rings is 1. The summed E-state index contributed by atoms with van der Waals surface area (Å²) in [6.07, 6.45) is -0.700. The van der Waals surface area contributed by atoms with Crippen LogP contribution in [0.4, 0.5) is 4.79 Å². The molecule has 0 aromatic heterocycles. The van der Waals surface area contributed by atoms with Crippen LogP contribution in [0.2, 0.25) is 0 Å². The molecule has 0 spiro atoms. The summed E-state index contributed by atoms with van der Waals surface area (Å²) in [5.74, 6) is -1.17. The van der Waals surface area contributed by atoms with E-state index in [-0.39, 0.29) is 30.2 Å². The van der Waals surface area contributed by atoms with Gasteiger partial charge in [-0.1, -0.05) is 15.9 Å². The number of nitrogens with zero attached hydrogens (tertiary/aromatic N) is 1. The predicted molar refractivity (Wildman–Crippen MR) is 112 cm³/mol. The molecule has 2 rings (SSSR count). The molecule has 0 bridgehead atoms. The normalized spacial score (nSPS) is 15.3. The highest BCUT2D eigenvalue weighted by atomic mass is 79.9. The first-order chi connectivity index (χ1) is 14.0. The number of carboxylic acid groups (broad SMARTS) is 1. The van der Waals surface area contributed by atoms with Crippen molar-refractivity contribution in [2.24, 2.45) is 0 Å². The fourth-order valence-corrected chi connectivity index (χ4v) is 3.10. The highest BCUT2D eigenvalue weighted by Crippen LogP contribution is 2.24. The number of rotatable bonds is 7. The largest absolute Gasteiger partial charge is 0.490 e. The molecule has 2 amide bonds. The van der Waals surface area contributed by atoms with Crippen molar-refractivity contribution < 1.29 is 33.7 Å². The standard InChI is InChI=1S/C20H27BrN2O7/c1-20(2,3)30-19(27)22-14(11-17(24)23-6-8-28-9-7-23)12-29-16-10-13(21)4-5-15(16)18(25)26/h4-5,10,14H,6-9,11-12H2,1-3H3,(H,22,27)(H,25,26)/t14-/m0/s1. The average molecular weight is 487 g/mol. The summed E-state index contributed by atoms with van der Waals surface area (Å²) in [6.45, 7) is 6.99. The van der Waals surface area contributed by atoms with E-state index in [1.165, 1.54) is 12.1 Å². The maximum absolute atomic E-state index is 12.6. The van der Waals surface area contributed by atoms with E-state index in [9.17, 15) is 19.5 Å². The molecule has 1 aliphatic rings. The van der Waals surface area contributed by atoms with Crippen molar-refractivity contribution in [1.29, 1.82) is 0 Å². The monoisotopic (exact) mass is 486 g/mol. The Morgan fingerprint density at radius 3 is 2.53 bits per heavy atom. The van der Waals surface area contributed by atoms with Crippen molar-refractivity contribution >= 4 is 33.9 Å². The quantitative estimate of drug-likeness (QED) is 0.608. The number of morpholine rings is 1. The van der Waals surface area contributed by atoms with E-state index in [0.717, 1.165) is 0 Å². The highest BCUT2D eigenvalue weighted by molar-refractivity contribution is 9.10. The Hall–Kier alpha value is -2.33. The van der Waals surface area contributed by atoms with Gasteiger partial charge < -0.3 is 29.5 Å². The number of hydrogen-bond donors (Lipinski definition) is 2. The molecule has 10 heteroatoms. The number of carboxylic acids is 1. The van der Waals surface area contributed by atoms with E-state index in [1.807, 2.05) is 0 Å². The van der Waals surface area contributed by atoms with Crippen LogP contribution in [0.25, 0.3) is 0 Å². The molecule has 1 saturated heterocycles. The van der Waals surface area contributed by atoms with Crippen molar-refractivity contribution in [1.82, 2.24) is 10.2 Å². The maximum Gasteiger partial charge on any atom is 0.408 e. The van der Waals surface area contributed by atoms with E-state index in [0.29, 0.717) is 30.8 Å². The zero-order valence-corrected chi connectivity index (χ0v) is 18.9. The van der Waals surface area contributed by atoms with Crippen LogP contribution in [0, 0.1) is 0 Å². The molecule has 166 valence electrons. The molecular weight excluding hydrogens is 460 g/mol. The van der Waals surface area contributed by atoms with Gasteiger partial charge in [-0.15, -0.1) is 0 Å². The van der Waals surface area contributed by atoms with Gasteiger partial charge in [-0.3, -0.25) is 4.79 Å². The van der Waals surface area contributed by atoms with Crippen LogP contribution in [0.15, 0.2) is 22.7 Å². The molecule has 2 N–H and O–H groups in total. The van der Waals surface area contributed by atoms with Gasteiger partial charge in [-0.25, -0.2) is 9.59 Å². The fourth-order valence-electron chi connectivity index (χ4n) is 2.76. The SMILES string of the molecule is CC(C)(C)OC(=O)N[C@H](COc1cc(Br)ccc1C(=O)O)CC(=O)N1CCOCC1. The van der Waals surface area contributed by atoms with E-state index in [2.05, 4.69) is 21.2 Å².